The van der Waals surface area contributed by atoms with E-state index in [0.717, 1.165) is 25.7 Å². The maximum Gasteiger partial charge on any atom is 0.252 e. The van der Waals surface area contributed by atoms with Crippen LogP contribution >= 0.6 is 11.6 Å². The Labute approximate surface area is 154 Å². The second-order valence-electron chi connectivity index (χ2n) is 7.30. The van der Waals surface area contributed by atoms with Crippen molar-refractivity contribution in [1.29, 1.82) is 0 Å². The highest BCUT2D eigenvalue weighted by molar-refractivity contribution is 6.30. The Hall–Kier alpha value is -1.81. The first kappa shape index (κ1) is 18.0. The van der Waals surface area contributed by atoms with Gasteiger partial charge < -0.3 is 10.2 Å². The molecule has 1 aliphatic carbocycles. The standard InChI is InChI=1S/C20H25ClN2O2/c1-14-12-13-23(17-6-4-3-5-7-17)19(25)20(14,2)22-18(24)15-8-10-16(21)11-9-15/h8-14,17H,3-7H2,1-2H3,(H,22,24). The lowest BCUT2D eigenvalue weighted by atomic mass is 9.81. The number of hydrogen-bond acceptors (Lipinski definition) is 2. The van der Waals surface area contributed by atoms with Crippen molar-refractivity contribution in [3.63, 3.8) is 0 Å². The number of halogens is 1. The second kappa shape index (κ2) is 7.20. The average Bonchev–Trinajstić information content (AvgIpc) is 2.61. The topological polar surface area (TPSA) is 49.4 Å². The van der Waals surface area contributed by atoms with Gasteiger partial charge in [0.2, 0.25) is 0 Å². The third kappa shape index (κ3) is 3.59. The highest BCUT2D eigenvalue weighted by Crippen LogP contribution is 2.32. The van der Waals surface area contributed by atoms with E-state index in [1.807, 2.05) is 31.0 Å². The van der Waals surface area contributed by atoms with Crippen LogP contribution in [0.4, 0.5) is 0 Å². The van der Waals surface area contributed by atoms with E-state index in [2.05, 4.69) is 5.32 Å². The molecule has 25 heavy (non-hydrogen) atoms. The monoisotopic (exact) mass is 360 g/mol. The van der Waals surface area contributed by atoms with Crippen LogP contribution in [0.1, 0.15) is 56.3 Å². The fraction of sp³-hybridized carbons (Fsp3) is 0.500. The van der Waals surface area contributed by atoms with Gasteiger partial charge in [-0.25, -0.2) is 0 Å². The molecule has 1 aromatic carbocycles. The van der Waals surface area contributed by atoms with Crippen molar-refractivity contribution in [1.82, 2.24) is 10.2 Å². The number of benzene rings is 1. The fourth-order valence-corrected chi connectivity index (χ4v) is 3.79. The minimum absolute atomic E-state index is 0.0169. The van der Waals surface area contributed by atoms with Crippen molar-refractivity contribution in [3.05, 3.63) is 47.1 Å². The van der Waals surface area contributed by atoms with E-state index in [1.54, 1.807) is 24.3 Å². The lowest BCUT2D eigenvalue weighted by molar-refractivity contribution is -0.139. The molecule has 5 heteroatoms. The van der Waals surface area contributed by atoms with Gasteiger partial charge in [-0.1, -0.05) is 43.9 Å². The maximum atomic E-state index is 13.2. The lowest BCUT2D eigenvalue weighted by Gasteiger charge is -2.44. The molecule has 1 heterocycles. The highest BCUT2D eigenvalue weighted by Gasteiger charge is 2.45. The van der Waals surface area contributed by atoms with Crippen LogP contribution in [0.15, 0.2) is 36.5 Å². The van der Waals surface area contributed by atoms with Gasteiger partial charge in [0.25, 0.3) is 11.8 Å². The van der Waals surface area contributed by atoms with Crippen LogP contribution < -0.4 is 5.32 Å². The second-order valence-corrected chi connectivity index (χ2v) is 7.73. The van der Waals surface area contributed by atoms with Crippen molar-refractivity contribution >= 4 is 23.4 Å². The van der Waals surface area contributed by atoms with Gasteiger partial charge in [-0.15, -0.1) is 0 Å². The number of nitrogens with one attached hydrogen (secondary N) is 1. The molecule has 0 radical (unpaired) electrons. The molecular formula is C20H25ClN2O2. The number of hydrogen-bond donors (Lipinski definition) is 1. The van der Waals surface area contributed by atoms with Gasteiger partial charge in [0.05, 0.1) is 0 Å². The van der Waals surface area contributed by atoms with Gasteiger partial charge in [-0.3, -0.25) is 9.59 Å². The van der Waals surface area contributed by atoms with Crippen molar-refractivity contribution < 1.29 is 9.59 Å². The smallest absolute Gasteiger partial charge is 0.252 e. The van der Waals surface area contributed by atoms with Gasteiger partial charge in [0.1, 0.15) is 5.54 Å². The summed E-state index contributed by atoms with van der Waals surface area (Å²) >= 11 is 5.89. The minimum Gasteiger partial charge on any atom is -0.337 e. The predicted octanol–water partition coefficient (Wildman–Crippen LogP) is 4.15. The summed E-state index contributed by atoms with van der Waals surface area (Å²) in [6.45, 7) is 3.79. The quantitative estimate of drug-likeness (QED) is 0.880. The molecule has 2 atom stereocenters. The fourth-order valence-electron chi connectivity index (χ4n) is 3.67. The molecule has 1 aliphatic heterocycles. The highest BCUT2D eigenvalue weighted by atomic mass is 35.5. The van der Waals surface area contributed by atoms with Gasteiger partial charge in [0, 0.05) is 28.7 Å². The van der Waals surface area contributed by atoms with E-state index >= 15 is 0 Å². The molecule has 1 fully saturated rings. The molecular weight excluding hydrogens is 336 g/mol. The van der Waals surface area contributed by atoms with Gasteiger partial charge >= 0.3 is 0 Å². The van der Waals surface area contributed by atoms with Crippen LogP contribution in [0.2, 0.25) is 5.02 Å². The van der Waals surface area contributed by atoms with E-state index in [4.69, 9.17) is 11.6 Å². The van der Waals surface area contributed by atoms with Crippen LogP contribution in [0.5, 0.6) is 0 Å². The van der Waals surface area contributed by atoms with Crippen LogP contribution in [0, 0.1) is 5.92 Å². The van der Waals surface area contributed by atoms with E-state index in [0.29, 0.717) is 10.6 Å². The summed E-state index contributed by atoms with van der Waals surface area (Å²) in [5.74, 6) is -0.342. The number of carbonyl (C=O) groups is 2. The van der Waals surface area contributed by atoms with Gasteiger partial charge in [-0.05, 0) is 44.0 Å². The maximum absolute atomic E-state index is 13.2. The lowest BCUT2D eigenvalue weighted by Crippen LogP contribution is -2.63. The first-order chi connectivity index (χ1) is 11.9. The molecule has 1 saturated carbocycles. The summed E-state index contributed by atoms with van der Waals surface area (Å²) in [6, 6.07) is 6.96. The van der Waals surface area contributed by atoms with Crippen LogP contribution in [-0.2, 0) is 4.79 Å². The Kier molecular flexibility index (Phi) is 5.19. The third-order valence-electron chi connectivity index (χ3n) is 5.57. The largest absolute Gasteiger partial charge is 0.337 e. The number of nitrogens with zero attached hydrogens (tertiary/aromatic N) is 1. The van der Waals surface area contributed by atoms with Crippen LogP contribution in [0.3, 0.4) is 0 Å². The zero-order chi connectivity index (χ0) is 18.0. The van der Waals surface area contributed by atoms with E-state index in [1.165, 1.54) is 6.42 Å². The molecule has 3 rings (SSSR count). The molecule has 0 spiro atoms. The summed E-state index contributed by atoms with van der Waals surface area (Å²) in [6.07, 6.45) is 9.56. The number of carbonyl (C=O) groups excluding carboxylic acids is 2. The van der Waals surface area contributed by atoms with Gasteiger partial charge in [0.15, 0.2) is 0 Å². The van der Waals surface area contributed by atoms with Crippen LogP contribution in [0.25, 0.3) is 0 Å². The Bertz CT molecular complexity index is 679. The minimum atomic E-state index is -0.942. The normalized spacial score (nSPS) is 27.4. The Morgan fingerprint density at radius 1 is 1.20 bits per heavy atom. The number of rotatable bonds is 3. The average molecular weight is 361 g/mol. The molecule has 2 amide bonds. The molecule has 1 N–H and O–H groups in total. The van der Waals surface area contributed by atoms with Crippen LogP contribution in [-0.4, -0.2) is 28.3 Å². The summed E-state index contributed by atoms with van der Waals surface area (Å²) in [7, 11) is 0. The molecule has 0 saturated heterocycles. The number of amides is 2. The molecule has 2 aliphatic rings. The van der Waals surface area contributed by atoms with Crippen molar-refractivity contribution in [2.24, 2.45) is 5.92 Å². The van der Waals surface area contributed by atoms with Crippen molar-refractivity contribution in [2.45, 2.75) is 57.5 Å². The van der Waals surface area contributed by atoms with Crippen molar-refractivity contribution in [2.75, 3.05) is 0 Å². The third-order valence-corrected chi connectivity index (χ3v) is 5.82. The Balaban J connectivity index is 1.80. The molecule has 0 bridgehead atoms. The predicted molar refractivity (Wildman–Crippen MR) is 99.3 cm³/mol. The molecule has 2 unspecified atom stereocenters. The Morgan fingerprint density at radius 2 is 1.84 bits per heavy atom. The molecule has 4 nitrogen and oxygen atoms in total. The van der Waals surface area contributed by atoms with E-state index < -0.39 is 5.54 Å². The summed E-state index contributed by atoms with van der Waals surface area (Å²) in [5.41, 5.74) is -0.437. The molecule has 0 aromatic heterocycles. The molecule has 1 aromatic rings. The zero-order valence-corrected chi connectivity index (χ0v) is 15.6. The Morgan fingerprint density at radius 3 is 2.48 bits per heavy atom. The van der Waals surface area contributed by atoms with Crippen molar-refractivity contribution in [3.8, 4) is 0 Å². The SMILES string of the molecule is CC1C=CN(C2CCCCC2)C(=O)C1(C)NC(=O)c1ccc(Cl)cc1. The first-order valence-electron chi connectivity index (χ1n) is 9.01. The summed E-state index contributed by atoms with van der Waals surface area (Å²) in [5, 5.41) is 3.56. The summed E-state index contributed by atoms with van der Waals surface area (Å²) in [4.78, 5) is 27.7. The summed E-state index contributed by atoms with van der Waals surface area (Å²) < 4.78 is 0. The van der Waals surface area contributed by atoms with Gasteiger partial charge in [-0.2, -0.15) is 0 Å². The zero-order valence-electron chi connectivity index (χ0n) is 14.8. The first-order valence-corrected chi connectivity index (χ1v) is 9.39. The van der Waals surface area contributed by atoms with E-state index in [9.17, 15) is 9.59 Å². The van der Waals surface area contributed by atoms with E-state index in [-0.39, 0.29) is 23.8 Å². The molecule has 134 valence electrons.